The summed E-state index contributed by atoms with van der Waals surface area (Å²) in [7, 11) is 1.59. The van der Waals surface area contributed by atoms with Crippen LogP contribution in [-0.2, 0) is 4.74 Å². The molecule has 0 aliphatic heterocycles. The molecule has 0 saturated heterocycles. The Balaban J connectivity index is 1.95. The molecule has 0 bridgehead atoms. The standard InChI is InChI=1S/C18H23NO2/c1-14(19-12-18(20)13-21-2)15-8-10-17(11-9-15)16-6-4-3-5-7-16/h3-11,14,18-20H,12-13H2,1-2H3. The lowest BCUT2D eigenvalue weighted by Gasteiger charge is -2.17. The number of hydrogen-bond donors (Lipinski definition) is 2. The maximum atomic E-state index is 9.65. The van der Waals surface area contributed by atoms with Crippen molar-refractivity contribution in [1.29, 1.82) is 0 Å². The van der Waals surface area contributed by atoms with Crippen molar-refractivity contribution in [1.82, 2.24) is 5.32 Å². The van der Waals surface area contributed by atoms with Gasteiger partial charge in [0, 0.05) is 19.7 Å². The molecule has 3 nitrogen and oxygen atoms in total. The molecular formula is C18H23NO2. The molecule has 2 N–H and O–H groups in total. The zero-order chi connectivity index (χ0) is 15.1. The highest BCUT2D eigenvalue weighted by Crippen LogP contribution is 2.21. The third kappa shape index (κ3) is 4.67. The molecular weight excluding hydrogens is 262 g/mol. The Hall–Kier alpha value is -1.68. The van der Waals surface area contributed by atoms with E-state index in [2.05, 4.69) is 48.6 Å². The van der Waals surface area contributed by atoms with Crippen molar-refractivity contribution in [3.8, 4) is 11.1 Å². The molecule has 0 radical (unpaired) electrons. The van der Waals surface area contributed by atoms with Gasteiger partial charge in [-0.05, 0) is 23.6 Å². The fraction of sp³-hybridized carbons (Fsp3) is 0.333. The van der Waals surface area contributed by atoms with Crippen LogP contribution in [0.25, 0.3) is 11.1 Å². The average Bonchev–Trinajstić information content (AvgIpc) is 2.54. The van der Waals surface area contributed by atoms with Crippen molar-refractivity contribution in [3.05, 3.63) is 60.2 Å². The van der Waals surface area contributed by atoms with Crippen molar-refractivity contribution in [3.63, 3.8) is 0 Å². The van der Waals surface area contributed by atoms with Gasteiger partial charge in [0.1, 0.15) is 0 Å². The van der Waals surface area contributed by atoms with Gasteiger partial charge in [-0.15, -0.1) is 0 Å². The molecule has 0 heterocycles. The lowest BCUT2D eigenvalue weighted by molar-refractivity contribution is 0.0630. The molecule has 2 aromatic carbocycles. The summed E-state index contributed by atoms with van der Waals surface area (Å²) in [6.45, 7) is 2.97. The molecule has 112 valence electrons. The van der Waals surface area contributed by atoms with Crippen molar-refractivity contribution in [2.45, 2.75) is 19.1 Å². The van der Waals surface area contributed by atoms with Crippen LogP contribution in [0.5, 0.6) is 0 Å². The van der Waals surface area contributed by atoms with E-state index in [1.807, 2.05) is 18.2 Å². The van der Waals surface area contributed by atoms with E-state index in [0.717, 1.165) is 0 Å². The van der Waals surface area contributed by atoms with Gasteiger partial charge in [0.2, 0.25) is 0 Å². The maximum Gasteiger partial charge on any atom is 0.0897 e. The highest BCUT2D eigenvalue weighted by molar-refractivity contribution is 5.63. The third-order valence-electron chi connectivity index (χ3n) is 3.54. The van der Waals surface area contributed by atoms with Crippen LogP contribution in [0, 0.1) is 0 Å². The summed E-state index contributed by atoms with van der Waals surface area (Å²) < 4.78 is 4.92. The average molecular weight is 285 g/mol. The SMILES string of the molecule is COCC(O)CNC(C)c1ccc(-c2ccccc2)cc1. The Kier molecular flexibility index (Phi) is 5.93. The molecule has 0 aliphatic rings. The molecule has 21 heavy (non-hydrogen) atoms. The zero-order valence-electron chi connectivity index (χ0n) is 12.6. The number of ether oxygens (including phenoxy) is 1. The molecule has 0 spiro atoms. The van der Waals surface area contributed by atoms with E-state index in [9.17, 15) is 5.11 Å². The van der Waals surface area contributed by atoms with E-state index >= 15 is 0 Å². The normalized spacial score (nSPS) is 13.9. The fourth-order valence-corrected chi connectivity index (χ4v) is 2.28. The van der Waals surface area contributed by atoms with E-state index in [0.29, 0.717) is 13.2 Å². The maximum absolute atomic E-state index is 9.65. The molecule has 3 heteroatoms. The Labute approximate surface area is 126 Å². The van der Waals surface area contributed by atoms with Gasteiger partial charge >= 0.3 is 0 Å². The summed E-state index contributed by atoms with van der Waals surface area (Å²) in [6, 6.07) is 19.1. The number of methoxy groups -OCH3 is 1. The van der Waals surface area contributed by atoms with E-state index in [4.69, 9.17) is 4.74 Å². The molecule has 0 fully saturated rings. The van der Waals surface area contributed by atoms with Gasteiger partial charge < -0.3 is 15.2 Å². The van der Waals surface area contributed by atoms with Crippen molar-refractivity contribution < 1.29 is 9.84 Å². The first kappa shape index (κ1) is 15.7. The molecule has 2 atom stereocenters. The van der Waals surface area contributed by atoms with Crippen molar-refractivity contribution in [2.24, 2.45) is 0 Å². The van der Waals surface area contributed by atoms with Crippen LogP contribution in [0.1, 0.15) is 18.5 Å². The molecule has 2 rings (SSSR count). The number of aliphatic hydroxyl groups excluding tert-OH is 1. The van der Waals surface area contributed by atoms with Crippen molar-refractivity contribution in [2.75, 3.05) is 20.3 Å². The van der Waals surface area contributed by atoms with Gasteiger partial charge in [0.05, 0.1) is 12.7 Å². The summed E-state index contributed by atoms with van der Waals surface area (Å²) >= 11 is 0. The van der Waals surface area contributed by atoms with Crippen LogP contribution in [0.3, 0.4) is 0 Å². The number of nitrogens with one attached hydrogen (secondary N) is 1. The van der Waals surface area contributed by atoms with Gasteiger partial charge in [0.25, 0.3) is 0 Å². The quantitative estimate of drug-likeness (QED) is 0.821. The minimum absolute atomic E-state index is 0.196. The number of aliphatic hydroxyl groups is 1. The lowest BCUT2D eigenvalue weighted by atomic mass is 10.0. The molecule has 0 saturated carbocycles. The van der Waals surface area contributed by atoms with E-state index in [1.54, 1.807) is 7.11 Å². The second kappa shape index (κ2) is 7.93. The van der Waals surface area contributed by atoms with Gasteiger partial charge in [-0.1, -0.05) is 54.6 Å². The predicted molar refractivity (Wildman–Crippen MR) is 86.2 cm³/mol. The molecule has 2 unspecified atom stereocenters. The first-order valence-corrected chi connectivity index (χ1v) is 7.26. The third-order valence-corrected chi connectivity index (χ3v) is 3.54. The second-order valence-corrected chi connectivity index (χ2v) is 5.23. The van der Waals surface area contributed by atoms with Gasteiger partial charge in [-0.2, -0.15) is 0 Å². The van der Waals surface area contributed by atoms with Crippen LogP contribution in [-0.4, -0.2) is 31.5 Å². The molecule has 0 aromatic heterocycles. The van der Waals surface area contributed by atoms with Crippen LogP contribution in [0.2, 0.25) is 0 Å². The fourth-order valence-electron chi connectivity index (χ4n) is 2.28. The summed E-state index contributed by atoms with van der Waals surface area (Å²) in [6.07, 6.45) is -0.471. The first-order valence-electron chi connectivity index (χ1n) is 7.26. The Morgan fingerprint density at radius 3 is 2.24 bits per heavy atom. The number of benzene rings is 2. The Bertz CT molecular complexity index is 525. The smallest absolute Gasteiger partial charge is 0.0897 e. The van der Waals surface area contributed by atoms with Gasteiger partial charge in [0.15, 0.2) is 0 Å². The second-order valence-electron chi connectivity index (χ2n) is 5.23. The van der Waals surface area contributed by atoms with Crippen LogP contribution >= 0.6 is 0 Å². The first-order chi connectivity index (χ1) is 10.2. The van der Waals surface area contributed by atoms with Gasteiger partial charge in [-0.25, -0.2) is 0 Å². The summed E-state index contributed by atoms with van der Waals surface area (Å²) in [4.78, 5) is 0. The zero-order valence-corrected chi connectivity index (χ0v) is 12.6. The number of hydrogen-bond acceptors (Lipinski definition) is 3. The van der Waals surface area contributed by atoms with Crippen LogP contribution in [0.4, 0.5) is 0 Å². The minimum atomic E-state index is -0.471. The largest absolute Gasteiger partial charge is 0.389 e. The van der Waals surface area contributed by atoms with E-state index in [1.165, 1.54) is 16.7 Å². The summed E-state index contributed by atoms with van der Waals surface area (Å²) in [5, 5.41) is 13.0. The van der Waals surface area contributed by atoms with Crippen LogP contribution in [0.15, 0.2) is 54.6 Å². The minimum Gasteiger partial charge on any atom is -0.389 e. The highest BCUT2D eigenvalue weighted by Gasteiger charge is 2.08. The van der Waals surface area contributed by atoms with E-state index in [-0.39, 0.29) is 6.04 Å². The molecule has 0 aliphatic carbocycles. The lowest BCUT2D eigenvalue weighted by Crippen LogP contribution is -2.31. The van der Waals surface area contributed by atoms with Crippen LogP contribution < -0.4 is 5.32 Å². The predicted octanol–water partition coefficient (Wildman–Crippen LogP) is 3.01. The van der Waals surface area contributed by atoms with Gasteiger partial charge in [-0.3, -0.25) is 0 Å². The van der Waals surface area contributed by atoms with E-state index < -0.39 is 6.10 Å². The number of rotatable bonds is 7. The summed E-state index contributed by atoms with van der Waals surface area (Å²) in [5.41, 5.74) is 3.64. The topological polar surface area (TPSA) is 41.5 Å². The monoisotopic (exact) mass is 285 g/mol. The van der Waals surface area contributed by atoms with Crippen molar-refractivity contribution >= 4 is 0 Å². The summed E-state index contributed by atoms with van der Waals surface area (Å²) in [5.74, 6) is 0. The Morgan fingerprint density at radius 2 is 1.62 bits per heavy atom. The molecule has 2 aromatic rings. The highest BCUT2D eigenvalue weighted by atomic mass is 16.5. The molecule has 0 amide bonds. The Morgan fingerprint density at radius 1 is 1.00 bits per heavy atom.